The van der Waals surface area contributed by atoms with Crippen LogP contribution in [0, 0.1) is 11.8 Å². The van der Waals surface area contributed by atoms with Crippen molar-refractivity contribution in [1.29, 1.82) is 0 Å². The summed E-state index contributed by atoms with van der Waals surface area (Å²) in [6.45, 7) is 14.8. The standard InChI is InChI=1S/C32H58N6O6/c1-10-32(7,11-2)23-20-26(41)38(31(23)44)19-14-12-13-16-24(39)35-36-25(40)17-15-18-37(9)28(22(5)6)30(43)34-27(21(3)4)29(42)33-8/h20-22,27-28,41,44H,10-19H2,1-9H3,(H,33,42)(H,34,43)(H,35,39)(H,36,40). The van der Waals surface area contributed by atoms with Gasteiger partial charge in [-0.2, -0.15) is 0 Å². The normalized spacial score (nSPS) is 13.2. The number of aromatic nitrogens is 1. The summed E-state index contributed by atoms with van der Waals surface area (Å²) in [6.07, 6.45) is 4.57. The molecule has 4 amide bonds. The Balaban J connectivity index is 2.41. The molecule has 0 saturated heterocycles. The van der Waals surface area contributed by atoms with E-state index >= 15 is 0 Å². The molecule has 0 saturated carbocycles. The molecule has 0 spiro atoms. The van der Waals surface area contributed by atoms with E-state index in [0.29, 0.717) is 38.8 Å². The van der Waals surface area contributed by atoms with Crippen molar-refractivity contribution in [3.05, 3.63) is 11.6 Å². The SMILES string of the molecule is CCC(C)(CC)c1cc(O)n(CCCCCC(=O)NNC(=O)CCCN(C)C(C(=O)NC(C(=O)NC)C(C)C)C(C)C)c1O. The van der Waals surface area contributed by atoms with Gasteiger partial charge >= 0.3 is 0 Å². The monoisotopic (exact) mass is 622 g/mol. The summed E-state index contributed by atoms with van der Waals surface area (Å²) in [5, 5.41) is 26.5. The molecule has 1 rings (SSSR count). The lowest BCUT2D eigenvalue weighted by atomic mass is 9.79. The van der Waals surface area contributed by atoms with Crippen LogP contribution in [0.2, 0.25) is 0 Å². The van der Waals surface area contributed by atoms with E-state index in [4.69, 9.17) is 0 Å². The third-order valence-electron chi connectivity index (χ3n) is 8.67. The van der Waals surface area contributed by atoms with Crippen molar-refractivity contribution in [2.24, 2.45) is 11.8 Å². The quantitative estimate of drug-likeness (QED) is 0.102. The second-order valence-corrected chi connectivity index (χ2v) is 12.7. The van der Waals surface area contributed by atoms with E-state index in [0.717, 1.165) is 18.4 Å². The van der Waals surface area contributed by atoms with Crippen LogP contribution >= 0.6 is 0 Å². The molecule has 44 heavy (non-hydrogen) atoms. The van der Waals surface area contributed by atoms with Gasteiger partial charge in [0.05, 0.1) is 6.04 Å². The maximum Gasteiger partial charge on any atom is 0.242 e. The number of amides is 4. The van der Waals surface area contributed by atoms with Crippen molar-refractivity contribution in [2.75, 3.05) is 20.6 Å². The summed E-state index contributed by atoms with van der Waals surface area (Å²) in [5.41, 5.74) is 5.45. The molecule has 12 heteroatoms. The number of hydrazine groups is 1. The van der Waals surface area contributed by atoms with Crippen molar-refractivity contribution in [3.63, 3.8) is 0 Å². The van der Waals surface area contributed by atoms with Gasteiger partial charge in [-0.05, 0) is 62.9 Å². The molecule has 12 nitrogen and oxygen atoms in total. The first-order valence-electron chi connectivity index (χ1n) is 16.0. The average molecular weight is 623 g/mol. The molecule has 2 atom stereocenters. The number of likely N-dealkylation sites (N-methyl/N-ethyl adjacent to an activating group) is 2. The van der Waals surface area contributed by atoms with E-state index in [1.54, 1.807) is 13.1 Å². The van der Waals surface area contributed by atoms with Gasteiger partial charge in [0.1, 0.15) is 6.04 Å². The third-order valence-corrected chi connectivity index (χ3v) is 8.67. The zero-order valence-corrected chi connectivity index (χ0v) is 28.4. The minimum absolute atomic E-state index is 0.0133. The third kappa shape index (κ3) is 11.3. The Morgan fingerprint density at radius 3 is 1.95 bits per heavy atom. The fourth-order valence-corrected chi connectivity index (χ4v) is 5.39. The van der Waals surface area contributed by atoms with Crippen LogP contribution in [-0.4, -0.2) is 76.0 Å². The van der Waals surface area contributed by atoms with Gasteiger partial charge in [0.15, 0.2) is 11.8 Å². The number of aromatic hydroxyl groups is 2. The molecular weight excluding hydrogens is 564 g/mol. The number of hydrogen-bond acceptors (Lipinski definition) is 7. The van der Waals surface area contributed by atoms with Gasteiger partial charge < -0.3 is 20.8 Å². The van der Waals surface area contributed by atoms with Gasteiger partial charge in [0.2, 0.25) is 23.6 Å². The lowest BCUT2D eigenvalue weighted by Crippen LogP contribution is -2.56. The predicted octanol–water partition coefficient (Wildman–Crippen LogP) is 3.31. The van der Waals surface area contributed by atoms with E-state index in [9.17, 15) is 29.4 Å². The summed E-state index contributed by atoms with van der Waals surface area (Å²) in [6, 6.07) is 0.547. The predicted molar refractivity (Wildman–Crippen MR) is 172 cm³/mol. The van der Waals surface area contributed by atoms with Gasteiger partial charge in [-0.3, -0.25) is 39.5 Å². The Morgan fingerprint density at radius 1 is 0.886 bits per heavy atom. The first kappa shape index (κ1) is 38.7. The Bertz CT molecular complexity index is 1080. The fraction of sp³-hybridized carbons (Fsp3) is 0.750. The molecule has 0 fully saturated rings. The van der Waals surface area contributed by atoms with Crippen LogP contribution in [0.4, 0.5) is 0 Å². The van der Waals surface area contributed by atoms with Crippen LogP contribution in [-0.2, 0) is 31.1 Å². The lowest BCUT2D eigenvalue weighted by molar-refractivity contribution is -0.133. The largest absolute Gasteiger partial charge is 0.494 e. The molecule has 0 aliphatic heterocycles. The number of carbonyl (C=O) groups is 4. The van der Waals surface area contributed by atoms with Crippen molar-refractivity contribution >= 4 is 23.6 Å². The molecular formula is C32H58N6O6. The van der Waals surface area contributed by atoms with Gasteiger partial charge in [0, 0.05) is 38.1 Å². The van der Waals surface area contributed by atoms with Crippen LogP contribution < -0.4 is 21.5 Å². The first-order chi connectivity index (χ1) is 20.6. The van der Waals surface area contributed by atoms with Crippen LogP contribution in [0.25, 0.3) is 0 Å². The molecule has 0 aliphatic rings. The van der Waals surface area contributed by atoms with Crippen molar-refractivity contribution in [3.8, 4) is 11.8 Å². The number of rotatable bonds is 19. The van der Waals surface area contributed by atoms with Crippen LogP contribution in [0.15, 0.2) is 6.07 Å². The summed E-state index contributed by atoms with van der Waals surface area (Å²) in [4.78, 5) is 51.6. The smallest absolute Gasteiger partial charge is 0.242 e. The van der Waals surface area contributed by atoms with Crippen molar-refractivity contribution in [2.45, 2.75) is 124 Å². The Morgan fingerprint density at radius 2 is 1.45 bits per heavy atom. The maximum atomic E-state index is 13.0. The highest BCUT2D eigenvalue weighted by atomic mass is 16.3. The summed E-state index contributed by atoms with van der Waals surface area (Å²) >= 11 is 0. The molecule has 0 aromatic carbocycles. The number of nitrogens with zero attached hydrogens (tertiary/aromatic N) is 2. The molecule has 6 N–H and O–H groups in total. The molecule has 0 bridgehead atoms. The summed E-state index contributed by atoms with van der Waals surface area (Å²) in [7, 11) is 3.36. The molecule has 1 aromatic rings. The van der Waals surface area contributed by atoms with Crippen LogP contribution in [0.3, 0.4) is 0 Å². The summed E-state index contributed by atoms with van der Waals surface area (Å²) < 4.78 is 1.51. The van der Waals surface area contributed by atoms with E-state index in [1.165, 1.54) is 4.57 Å². The molecule has 2 unspecified atom stereocenters. The first-order valence-corrected chi connectivity index (χ1v) is 16.0. The van der Waals surface area contributed by atoms with Gasteiger partial charge in [-0.1, -0.05) is 54.9 Å². The maximum absolute atomic E-state index is 13.0. The fourth-order valence-electron chi connectivity index (χ4n) is 5.39. The Labute approximate surface area is 263 Å². The Kier molecular flexibility index (Phi) is 16.3. The van der Waals surface area contributed by atoms with Crippen LogP contribution in [0.5, 0.6) is 11.8 Å². The average Bonchev–Trinajstić information content (AvgIpc) is 3.26. The topological polar surface area (TPSA) is 165 Å². The lowest BCUT2D eigenvalue weighted by Gasteiger charge is -2.32. The number of hydrogen-bond donors (Lipinski definition) is 6. The molecule has 0 radical (unpaired) electrons. The summed E-state index contributed by atoms with van der Waals surface area (Å²) in [5.74, 6) is -1.03. The number of nitrogens with one attached hydrogen (secondary N) is 4. The van der Waals surface area contributed by atoms with E-state index in [2.05, 4.69) is 42.3 Å². The van der Waals surface area contributed by atoms with E-state index < -0.39 is 12.1 Å². The van der Waals surface area contributed by atoms with Gasteiger partial charge in [-0.25, -0.2) is 0 Å². The molecule has 1 heterocycles. The van der Waals surface area contributed by atoms with Crippen molar-refractivity contribution < 1.29 is 29.4 Å². The zero-order chi connectivity index (χ0) is 33.6. The highest BCUT2D eigenvalue weighted by molar-refractivity contribution is 5.90. The van der Waals surface area contributed by atoms with Crippen molar-refractivity contribution in [1.82, 2.24) is 31.0 Å². The van der Waals surface area contributed by atoms with Gasteiger partial charge in [-0.15, -0.1) is 0 Å². The second kappa shape index (κ2) is 18.5. The number of carbonyl (C=O) groups excluding carboxylic acids is 4. The molecule has 0 aliphatic carbocycles. The number of unbranched alkanes of at least 4 members (excludes halogenated alkanes) is 2. The zero-order valence-electron chi connectivity index (χ0n) is 28.4. The van der Waals surface area contributed by atoms with Crippen LogP contribution in [0.1, 0.15) is 105 Å². The Hall–Kier alpha value is -3.28. The van der Waals surface area contributed by atoms with E-state index in [-0.39, 0.29) is 65.5 Å². The highest BCUT2D eigenvalue weighted by Gasteiger charge is 2.32. The van der Waals surface area contributed by atoms with Gasteiger partial charge in [0.25, 0.3) is 0 Å². The minimum atomic E-state index is -0.631. The molecule has 252 valence electrons. The highest BCUT2D eigenvalue weighted by Crippen LogP contribution is 2.41. The minimum Gasteiger partial charge on any atom is -0.494 e. The second-order valence-electron chi connectivity index (χ2n) is 12.7. The van der Waals surface area contributed by atoms with E-state index in [1.807, 2.05) is 39.6 Å². The molecule has 1 aromatic heterocycles.